The highest BCUT2D eigenvalue weighted by molar-refractivity contribution is 5.78. The van der Waals surface area contributed by atoms with Crippen LogP contribution in [0.3, 0.4) is 0 Å². The summed E-state index contributed by atoms with van der Waals surface area (Å²) in [7, 11) is 1.67. The summed E-state index contributed by atoms with van der Waals surface area (Å²) in [6, 6.07) is 0. The molecule has 0 aromatic carbocycles. The SMILES string of the molecule is COCCN1CC(CN2CCc3[nH]ncc3C2)CC1=O. The molecule has 20 heavy (non-hydrogen) atoms. The van der Waals surface area contributed by atoms with E-state index in [9.17, 15) is 4.79 Å². The third-order valence-electron chi connectivity index (χ3n) is 4.26. The molecule has 0 aliphatic carbocycles. The number of rotatable bonds is 5. The molecule has 3 heterocycles. The zero-order valence-corrected chi connectivity index (χ0v) is 12.0. The summed E-state index contributed by atoms with van der Waals surface area (Å²) in [5.41, 5.74) is 2.57. The van der Waals surface area contributed by atoms with Crippen LogP contribution in [0.25, 0.3) is 0 Å². The van der Waals surface area contributed by atoms with Crippen molar-refractivity contribution in [3.63, 3.8) is 0 Å². The number of amides is 1. The van der Waals surface area contributed by atoms with Crippen molar-refractivity contribution in [3.8, 4) is 0 Å². The molecule has 1 fully saturated rings. The lowest BCUT2D eigenvalue weighted by Crippen LogP contribution is -2.35. The van der Waals surface area contributed by atoms with Gasteiger partial charge in [0, 0.05) is 63.9 Å². The first-order chi connectivity index (χ1) is 9.76. The molecule has 0 radical (unpaired) electrons. The van der Waals surface area contributed by atoms with E-state index in [0.717, 1.165) is 39.1 Å². The van der Waals surface area contributed by atoms with Crippen molar-refractivity contribution < 1.29 is 9.53 Å². The van der Waals surface area contributed by atoms with Crippen molar-refractivity contribution in [2.75, 3.05) is 39.9 Å². The van der Waals surface area contributed by atoms with Crippen LogP contribution in [0.15, 0.2) is 6.20 Å². The van der Waals surface area contributed by atoms with Crippen LogP contribution in [0.2, 0.25) is 0 Å². The van der Waals surface area contributed by atoms with Gasteiger partial charge in [0.05, 0.1) is 12.8 Å². The molecule has 6 heteroatoms. The van der Waals surface area contributed by atoms with Crippen LogP contribution in [0.1, 0.15) is 17.7 Å². The van der Waals surface area contributed by atoms with Crippen LogP contribution in [0.5, 0.6) is 0 Å². The Labute approximate surface area is 119 Å². The summed E-state index contributed by atoms with van der Waals surface area (Å²) >= 11 is 0. The van der Waals surface area contributed by atoms with E-state index in [4.69, 9.17) is 4.74 Å². The number of nitrogens with zero attached hydrogens (tertiary/aromatic N) is 3. The van der Waals surface area contributed by atoms with Crippen LogP contribution >= 0.6 is 0 Å². The Balaban J connectivity index is 1.51. The lowest BCUT2D eigenvalue weighted by Gasteiger charge is -2.28. The number of fused-ring (bicyclic) bond motifs is 1. The third kappa shape index (κ3) is 2.86. The van der Waals surface area contributed by atoms with E-state index in [2.05, 4.69) is 15.1 Å². The molecule has 1 amide bonds. The monoisotopic (exact) mass is 278 g/mol. The fourth-order valence-electron chi connectivity index (χ4n) is 3.20. The number of aromatic nitrogens is 2. The van der Waals surface area contributed by atoms with Crippen molar-refractivity contribution in [1.29, 1.82) is 0 Å². The van der Waals surface area contributed by atoms with Gasteiger partial charge in [-0.15, -0.1) is 0 Å². The summed E-state index contributed by atoms with van der Waals surface area (Å²) < 4.78 is 5.05. The van der Waals surface area contributed by atoms with E-state index < -0.39 is 0 Å². The Bertz CT molecular complexity index is 473. The molecule has 1 aromatic rings. The molecule has 1 atom stereocenters. The van der Waals surface area contributed by atoms with E-state index >= 15 is 0 Å². The summed E-state index contributed by atoms with van der Waals surface area (Å²) in [5, 5.41) is 7.16. The number of H-pyrrole nitrogens is 1. The fourth-order valence-corrected chi connectivity index (χ4v) is 3.20. The van der Waals surface area contributed by atoms with Crippen molar-refractivity contribution in [2.45, 2.75) is 19.4 Å². The van der Waals surface area contributed by atoms with Crippen molar-refractivity contribution >= 4 is 5.91 Å². The van der Waals surface area contributed by atoms with E-state index in [1.54, 1.807) is 7.11 Å². The molecule has 1 saturated heterocycles. The summed E-state index contributed by atoms with van der Waals surface area (Å²) in [6.45, 7) is 5.22. The van der Waals surface area contributed by atoms with Crippen LogP contribution < -0.4 is 0 Å². The highest BCUT2D eigenvalue weighted by Gasteiger charge is 2.31. The molecule has 6 nitrogen and oxygen atoms in total. The van der Waals surface area contributed by atoms with Gasteiger partial charge >= 0.3 is 0 Å². The van der Waals surface area contributed by atoms with E-state index in [1.165, 1.54) is 11.3 Å². The minimum atomic E-state index is 0.271. The molecule has 1 N–H and O–H groups in total. The Kier molecular flexibility index (Phi) is 4.03. The van der Waals surface area contributed by atoms with Gasteiger partial charge in [-0.25, -0.2) is 0 Å². The number of hydrogen-bond donors (Lipinski definition) is 1. The minimum absolute atomic E-state index is 0.271. The second-order valence-corrected chi connectivity index (χ2v) is 5.76. The lowest BCUT2D eigenvalue weighted by atomic mass is 10.0. The Morgan fingerprint density at radius 2 is 2.45 bits per heavy atom. The number of hydrogen-bond acceptors (Lipinski definition) is 4. The lowest BCUT2D eigenvalue weighted by molar-refractivity contribution is -0.128. The van der Waals surface area contributed by atoms with Gasteiger partial charge in [0.2, 0.25) is 5.91 Å². The highest BCUT2D eigenvalue weighted by Crippen LogP contribution is 2.22. The second kappa shape index (κ2) is 5.93. The van der Waals surface area contributed by atoms with Gasteiger partial charge in [-0.05, 0) is 5.92 Å². The van der Waals surface area contributed by atoms with Crippen LogP contribution in [0, 0.1) is 5.92 Å². The molecule has 2 aliphatic heterocycles. The molecular formula is C14H22N4O2. The van der Waals surface area contributed by atoms with Crippen LogP contribution in [0.4, 0.5) is 0 Å². The Hall–Kier alpha value is -1.40. The van der Waals surface area contributed by atoms with Crippen molar-refractivity contribution in [3.05, 3.63) is 17.5 Å². The van der Waals surface area contributed by atoms with Gasteiger partial charge in [-0.3, -0.25) is 14.8 Å². The molecule has 3 rings (SSSR count). The normalized spacial score (nSPS) is 23.4. The maximum atomic E-state index is 11.9. The summed E-state index contributed by atoms with van der Waals surface area (Å²) in [5.74, 6) is 0.723. The number of aromatic amines is 1. The van der Waals surface area contributed by atoms with Gasteiger partial charge in [-0.2, -0.15) is 5.10 Å². The zero-order valence-electron chi connectivity index (χ0n) is 12.0. The van der Waals surface area contributed by atoms with Gasteiger partial charge in [0.1, 0.15) is 0 Å². The predicted octanol–water partition coefficient (Wildman–Crippen LogP) is 0.263. The highest BCUT2D eigenvalue weighted by atomic mass is 16.5. The van der Waals surface area contributed by atoms with Gasteiger partial charge in [0.15, 0.2) is 0 Å². The maximum Gasteiger partial charge on any atom is 0.223 e. The minimum Gasteiger partial charge on any atom is -0.383 e. The van der Waals surface area contributed by atoms with E-state index in [0.29, 0.717) is 18.9 Å². The van der Waals surface area contributed by atoms with Gasteiger partial charge in [-0.1, -0.05) is 0 Å². The number of carbonyl (C=O) groups is 1. The topological polar surface area (TPSA) is 61.5 Å². The quantitative estimate of drug-likeness (QED) is 0.839. The standard InChI is InChI=1S/C14H22N4O2/c1-20-5-4-18-9-11(6-14(18)19)8-17-3-2-13-12(10-17)7-15-16-13/h7,11H,2-6,8-10H2,1H3,(H,15,16). The number of likely N-dealkylation sites (tertiary alicyclic amines) is 1. The number of carbonyl (C=O) groups excluding carboxylic acids is 1. The van der Waals surface area contributed by atoms with E-state index in [-0.39, 0.29) is 5.91 Å². The fraction of sp³-hybridized carbons (Fsp3) is 0.714. The van der Waals surface area contributed by atoms with Gasteiger partial charge in [0.25, 0.3) is 0 Å². The number of nitrogens with one attached hydrogen (secondary N) is 1. The molecule has 0 spiro atoms. The average molecular weight is 278 g/mol. The Morgan fingerprint density at radius 1 is 1.55 bits per heavy atom. The molecule has 110 valence electrons. The zero-order chi connectivity index (χ0) is 13.9. The first kappa shape index (κ1) is 13.6. The van der Waals surface area contributed by atoms with Crippen LogP contribution in [-0.2, 0) is 22.5 Å². The third-order valence-corrected chi connectivity index (χ3v) is 4.26. The Morgan fingerprint density at radius 3 is 3.30 bits per heavy atom. The van der Waals surface area contributed by atoms with Crippen molar-refractivity contribution in [2.24, 2.45) is 5.92 Å². The first-order valence-electron chi connectivity index (χ1n) is 7.26. The molecule has 1 unspecified atom stereocenters. The largest absolute Gasteiger partial charge is 0.383 e. The van der Waals surface area contributed by atoms with Gasteiger partial charge < -0.3 is 9.64 Å². The smallest absolute Gasteiger partial charge is 0.223 e. The second-order valence-electron chi connectivity index (χ2n) is 5.76. The number of methoxy groups -OCH3 is 1. The average Bonchev–Trinajstić information content (AvgIpc) is 3.03. The maximum absolute atomic E-state index is 11.9. The van der Waals surface area contributed by atoms with Crippen molar-refractivity contribution in [1.82, 2.24) is 20.0 Å². The molecule has 0 bridgehead atoms. The summed E-state index contributed by atoms with van der Waals surface area (Å²) in [4.78, 5) is 16.3. The molecule has 2 aliphatic rings. The van der Waals surface area contributed by atoms with Crippen LogP contribution in [-0.4, -0.2) is 65.8 Å². The molecule has 1 aromatic heterocycles. The summed E-state index contributed by atoms with van der Waals surface area (Å²) in [6.07, 6.45) is 3.63. The number of ether oxygens (including phenoxy) is 1. The molecular weight excluding hydrogens is 256 g/mol. The molecule has 0 saturated carbocycles. The first-order valence-corrected chi connectivity index (χ1v) is 7.26. The predicted molar refractivity (Wildman–Crippen MR) is 74.1 cm³/mol. The van der Waals surface area contributed by atoms with E-state index in [1.807, 2.05) is 11.1 Å².